The van der Waals surface area contributed by atoms with Crippen molar-refractivity contribution in [2.75, 3.05) is 20.2 Å². The molecule has 3 rings (SSSR count). The predicted octanol–water partition coefficient (Wildman–Crippen LogP) is 1.44. The van der Waals surface area contributed by atoms with Crippen LogP contribution >= 0.6 is 15.9 Å². The fraction of sp³-hybridized carbons (Fsp3) is 0.400. The third-order valence-corrected chi connectivity index (χ3v) is 4.44. The Morgan fingerprint density at radius 1 is 1.43 bits per heavy atom. The van der Waals surface area contributed by atoms with Gasteiger partial charge in [0.05, 0.1) is 29.4 Å². The van der Waals surface area contributed by atoms with Gasteiger partial charge in [-0.1, -0.05) is 0 Å². The topological polar surface area (TPSA) is 69.4 Å². The van der Waals surface area contributed by atoms with Crippen LogP contribution in [0.25, 0.3) is 0 Å². The number of aryl methyl sites for hydroxylation is 1. The zero-order valence-electron chi connectivity index (χ0n) is 12.9. The van der Waals surface area contributed by atoms with Crippen LogP contribution in [0.3, 0.4) is 0 Å². The summed E-state index contributed by atoms with van der Waals surface area (Å²) >= 11 is 3.38. The van der Waals surface area contributed by atoms with Crippen LogP contribution in [-0.4, -0.2) is 45.4 Å². The van der Waals surface area contributed by atoms with Crippen LogP contribution in [0, 0.1) is 0 Å². The molecule has 0 saturated carbocycles. The molecule has 8 heteroatoms. The number of aromatic nitrogens is 3. The normalized spacial score (nSPS) is 17.5. The fourth-order valence-electron chi connectivity index (χ4n) is 2.77. The molecule has 1 unspecified atom stereocenters. The van der Waals surface area contributed by atoms with Gasteiger partial charge in [0, 0.05) is 38.6 Å². The van der Waals surface area contributed by atoms with Crippen molar-refractivity contribution in [1.82, 2.24) is 19.2 Å². The quantitative estimate of drug-likeness (QED) is 0.807. The van der Waals surface area contributed by atoms with Crippen molar-refractivity contribution in [2.24, 2.45) is 7.05 Å². The Balaban J connectivity index is 1.82. The zero-order chi connectivity index (χ0) is 16.6. The molecular weight excluding hydrogens is 364 g/mol. The zero-order valence-corrected chi connectivity index (χ0v) is 14.5. The molecule has 1 saturated heterocycles. The molecule has 7 nitrogen and oxygen atoms in total. The summed E-state index contributed by atoms with van der Waals surface area (Å²) in [6.45, 7) is 1.23. The number of carbonyl (C=O) groups excluding carboxylic acids is 1. The Morgan fingerprint density at radius 3 is 2.87 bits per heavy atom. The third kappa shape index (κ3) is 3.03. The first-order valence-electron chi connectivity index (χ1n) is 7.23. The van der Waals surface area contributed by atoms with E-state index in [0.717, 1.165) is 10.9 Å². The van der Waals surface area contributed by atoms with Crippen LogP contribution in [0.4, 0.5) is 0 Å². The number of hydrogen-bond donors (Lipinski definition) is 0. The number of carbonyl (C=O) groups is 1. The number of halogens is 1. The first kappa shape index (κ1) is 15.8. The first-order valence-corrected chi connectivity index (χ1v) is 8.02. The van der Waals surface area contributed by atoms with Crippen molar-refractivity contribution in [2.45, 2.75) is 12.5 Å². The summed E-state index contributed by atoms with van der Waals surface area (Å²) in [7, 11) is 3.08. The molecule has 0 bridgehead atoms. The molecule has 3 heterocycles. The van der Waals surface area contributed by atoms with Crippen LogP contribution in [-0.2, 0) is 7.05 Å². The highest BCUT2D eigenvalue weighted by Gasteiger charge is 2.30. The molecule has 1 amide bonds. The van der Waals surface area contributed by atoms with Crippen LogP contribution in [0.15, 0.2) is 33.9 Å². The largest absolute Gasteiger partial charge is 0.496 e. The van der Waals surface area contributed by atoms with Gasteiger partial charge in [0.1, 0.15) is 5.75 Å². The number of rotatable bonds is 3. The van der Waals surface area contributed by atoms with E-state index in [1.54, 1.807) is 18.1 Å². The average molecular weight is 381 g/mol. The molecular formula is C15H17BrN4O3. The highest BCUT2D eigenvalue weighted by molar-refractivity contribution is 9.10. The van der Waals surface area contributed by atoms with Gasteiger partial charge in [0.15, 0.2) is 0 Å². The Labute approximate surface area is 141 Å². The molecule has 1 atom stereocenters. The van der Waals surface area contributed by atoms with Crippen molar-refractivity contribution in [3.63, 3.8) is 0 Å². The van der Waals surface area contributed by atoms with E-state index < -0.39 is 0 Å². The van der Waals surface area contributed by atoms with E-state index in [2.05, 4.69) is 21.0 Å². The van der Waals surface area contributed by atoms with Crippen LogP contribution in [0.5, 0.6) is 5.75 Å². The van der Waals surface area contributed by atoms with Gasteiger partial charge in [-0.05, 0) is 22.4 Å². The Bertz CT molecular complexity index is 798. The van der Waals surface area contributed by atoms with Gasteiger partial charge in [0.2, 0.25) is 0 Å². The fourth-order valence-corrected chi connectivity index (χ4v) is 3.07. The molecule has 122 valence electrons. The lowest BCUT2D eigenvalue weighted by atomic mass is 10.2. The van der Waals surface area contributed by atoms with E-state index in [4.69, 9.17) is 4.74 Å². The van der Waals surface area contributed by atoms with E-state index in [1.165, 1.54) is 23.9 Å². The van der Waals surface area contributed by atoms with Crippen LogP contribution < -0.4 is 10.3 Å². The number of ether oxygens (including phenoxy) is 1. The number of pyridine rings is 1. The SMILES string of the molecule is COc1cc(=O)n(C)cc1C(=O)N1CCC(n2cc(Br)cn2)C1. The minimum absolute atomic E-state index is 0.133. The summed E-state index contributed by atoms with van der Waals surface area (Å²) in [5.41, 5.74) is 0.191. The third-order valence-electron chi connectivity index (χ3n) is 4.04. The lowest BCUT2D eigenvalue weighted by Crippen LogP contribution is -2.31. The van der Waals surface area contributed by atoms with Crippen molar-refractivity contribution in [3.05, 3.63) is 45.0 Å². The van der Waals surface area contributed by atoms with E-state index in [-0.39, 0.29) is 17.5 Å². The number of nitrogens with zero attached hydrogens (tertiary/aromatic N) is 4. The molecule has 1 aliphatic rings. The smallest absolute Gasteiger partial charge is 0.259 e. The maximum absolute atomic E-state index is 12.8. The summed E-state index contributed by atoms with van der Waals surface area (Å²) in [4.78, 5) is 26.2. The number of likely N-dealkylation sites (tertiary alicyclic amines) is 1. The lowest BCUT2D eigenvalue weighted by Gasteiger charge is -2.18. The summed E-state index contributed by atoms with van der Waals surface area (Å²) in [6.07, 6.45) is 6.02. The van der Waals surface area contributed by atoms with E-state index in [1.807, 2.05) is 10.9 Å². The second-order valence-corrected chi connectivity index (χ2v) is 6.45. The lowest BCUT2D eigenvalue weighted by molar-refractivity contribution is 0.0782. The minimum Gasteiger partial charge on any atom is -0.496 e. The highest BCUT2D eigenvalue weighted by Crippen LogP contribution is 2.26. The maximum Gasteiger partial charge on any atom is 0.259 e. The van der Waals surface area contributed by atoms with E-state index in [9.17, 15) is 9.59 Å². The van der Waals surface area contributed by atoms with Gasteiger partial charge in [-0.3, -0.25) is 14.3 Å². The molecule has 0 aromatic carbocycles. The molecule has 0 radical (unpaired) electrons. The summed E-state index contributed by atoms with van der Waals surface area (Å²) in [5, 5.41) is 4.29. The Morgan fingerprint density at radius 2 is 2.22 bits per heavy atom. The summed E-state index contributed by atoms with van der Waals surface area (Å²) in [6, 6.07) is 1.49. The van der Waals surface area contributed by atoms with Crippen molar-refractivity contribution in [1.29, 1.82) is 0 Å². The first-order chi connectivity index (χ1) is 11.0. The molecule has 0 spiro atoms. The molecule has 0 N–H and O–H groups in total. The Hall–Kier alpha value is -2.09. The van der Waals surface area contributed by atoms with Gasteiger partial charge in [0.25, 0.3) is 11.5 Å². The Kier molecular flexibility index (Phi) is 4.25. The van der Waals surface area contributed by atoms with Gasteiger partial charge in [-0.15, -0.1) is 0 Å². The molecule has 0 aliphatic carbocycles. The van der Waals surface area contributed by atoms with Crippen LogP contribution in [0.1, 0.15) is 22.8 Å². The second kappa shape index (κ2) is 6.19. The van der Waals surface area contributed by atoms with Crippen LogP contribution in [0.2, 0.25) is 0 Å². The average Bonchev–Trinajstić information content (AvgIpc) is 3.17. The predicted molar refractivity (Wildman–Crippen MR) is 87.7 cm³/mol. The van der Waals surface area contributed by atoms with Crippen molar-refractivity contribution in [3.8, 4) is 5.75 Å². The molecule has 1 fully saturated rings. The van der Waals surface area contributed by atoms with Gasteiger partial charge in [-0.25, -0.2) is 0 Å². The summed E-state index contributed by atoms with van der Waals surface area (Å²) in [5.74, 6) is 0.176. The highest BCUT2D eigenvalue weighted by atomic mass is 79.9. The summed E-state index contributed by atoms with van der Waals surface area (Å²) < 4.78 is 9.36. The number of methoxy groups -OCH3 is 1. The molecule has 2 aromatic heterocycles. The van der Waals surface area contributed by atoms with E-state index in [0.29, 0.717) is 24.4 Å². The molecule has 23 heavy (non-hydrogen) atoms. The van der Waals surface area contributed by atoms with Crippen molar-refractivity contribution < 1.29 is 9.53 Å². The number of hydrogen-bond acceptors (Lipinski definition) is 4. The maximum atomic E-state index is 12.8. The minimum atomic E-state index is -0.209. The standard InChI is InChI=1S/C15H17BrN4O3/c1-18-9-12(13(23-2)5-14(18)21)15(22)19-4-3-11(8-19)20-7-10(16)6-17-20/h5-7,9,11H,3-4,8H2,1-2H3. The van der Waals surface area contributed by atoms with Crippen molar-refractivity contribution >= 4 is 21.8 Å². The number of amides is 1. The van der Waals surface area contributed by atoms with Gasteiger partial charge >= 0.3 is 0 Å². The van der Waals surface area contributed by atoms with Gasteiger partial charge in [-0.2, -0.15) is 5.10 Å². The van der Waals surface area contributed by atoms with Gasteiger partial charge < -0.3 is 14.2 Å². The van der Waals surface area contributed by atoms with E-state index >= 15 is 0 Å². The second-order valence-electron chi connectivity index (χ2n) is 5.54. The molecule has 1 aliphatic heterocycles. The molecule has 2 aromatic rings. The monoisotopic (exact) mass is 380 g/mol.